The second-order valence-electron chi connectivity index (χ2n) is 10.9. The van der Waals surface area contributed by atoms with E-state index < -0.39 is 39.9 Å². The summed E-state index contributed by atoms with van der Waals surface area (Å²) < 4.78 is 42.5. The van der Waals surface area contributed by atoms with Crippen molar-refractivity contribution in [3.8, 4) is 0 Å². The van der Waals surface area contributed by atoms with E-state index in [1.54, 1.807) is 49.4 Å². The van der Waals surface area contributed by atoms with Crippen molar-refractivity contribution in [2.45, 2.75) is 71.0 Å². The summed E-state index contributed by atoms with van der Waals surface area (Å²) in [5.74, 6) is -1.33. The molecule has 0 heterocycles. The number of nitrogens with zero attached hydrogens (tertiary/aromatic N) is 2. The van der Waals surface area contributed by atoms with Gasteiger partial charge in [0.1, 0.15) is 18.4 Å². The third kappa shape index (κ3) is 7.69. The number of carbonyl (C=O) groups is 2. The zero-order valence-corrected chi connectivity index (χ0v) is 24.8. The Labute approximate surface area is 237 Å². The molecule has 0 aliphatic rings. The van der Waals surface area contributed by atoms with Gasteiger partial charge in [0.2, 0.25) is 11.8 Å². The van der Waals surface area contributed by atoms with E-state index in [-0.39, 0.29) is 17.3 Å². The van der Waals surface area contributed by atoms with Gasteiger partial charge in [-0.15, -0.1) is 0 Å². The molecule has 0 saturated heterocycles. The van der Waals surface area contributed by atoms with E-state index >= 15 is 0 Å². The minimum atomic E-state index is -4.14. The summed E-state index contributed by atoms with van der Waals surface area (Å²) in [7, 11) is -4.14. The molecular weight excluding hydrogens is 529 g/mol. The third-order valence-corrected chi connectivity index (χ3v) is 8.33. The van der Waals surface area contributed by atoms with Crippen molar-refractivity contribution in [2.24, 2.45) is 0 Å². The molecule has 0 aromatic heterocycles. The number of sulfonamides is 1. The number of hydrogen-bond donors (Lipinski definition) is 1. The van der Waals surface area contributed by atoms with Crippen LogP contribution in [0.1, 0.15) is 50.8 Å². The van der Waals surface area contributed by atoms with Gasteiger partial charge in [0.25, 0.3) is 10.0 Å². The van der Waals surface area contributed by atoms with Crippen molar-refractivity contribution in [1.29, 1.82) is 0 Å². The topological polar surface area (TPSA) is 86.8 Å². The van der Waals surface area contributed by atoms with Crippen molar-refractivity contribution >= 4 is 27.5 Å². The fourth-order valence-electron chi connectivity index (χ4n) is 4.29. The first-order chi connectivity index (χ1) is 18.7. The highest BCUT2D eigenvalue weighted by Gasteiger charge is 2.34. The number of halogens is 1. The van der Waals surface area contributed by atoms with Crippen LogP contribution in [0.15, 0.2) is 77.7 Å². The Hall–Kier alpha value is -3.72. The standard InChI is InChI=1S/C31H38FN3O4S/c1-7-28(30(37)33-31(4,5)6)34(20-24-14-16-25(32)17-15-24)29(36)21-35(26-18-13-22(2)23(3)19-26)40(38,39)27-11-9-8-10-12-27/h8-19,28H,7,20-21H2,1-6H3,(H,33,37)/t28-/m0/s1. The predicted octanol–water partition coefficient (Wildman–Crippen LogP) is 5.36. The summed E-state index contributed by atoms with van der Waals surface area (Å²) >= 11 is 0. The molecular formula is C31H38FN3O4S. The van der Waals surface area contributed by atoms with Crippen LogP contribution in [0.2, 0.25) is 0 Å². The van der Waals surface area contributed by atoms with Crippen molar-refractivity contribution in [3.05, 3.63) is 95.3 Å². The normalized spacial score (nSPS) is 12.5. The number of rotatable bonds is 10. The molecule has 214 valence electrons. The monoisotopic (exact) mass is 567 g/mol. The van der Waals surface area contributed by atoms with Crippen LogP contribution in [0.25, 0.3) is 0 Å². The average molecular weight is 568 g/mol. The Morgan fingerprint density at radius 1 is 0.925 bits per heavy atom. The molecule has 0 fully saturated rings. The lowest BCUT2D eigenvalue weighted by atomic mass is 10.1. The molecule has 3 rings (SSSR count). The van der Waals surface area contributed by atoms with Crippen LogP contribution in [0.5, 0.6) is 0 Å². The van der Waals surface area contributed by atoms with Gasteiger partial charge in [-0.25, -0.2) is 12.8 Å². The molecule has 0 bridgehead atoms. The zero-order valence-electron chi connectivity index (χ0n) is 23.9. The lowest BCUT2D eigenvalue weighted by Crippen LogP contribution is -2.55. The summed E-state index contributed by atoms with van der Waals surface area (Å²) in [5, 5.41) is 2.93. The van der Waals surface area contributed by atoms with Gasteiger partial charge < -0.3 is 10.2 Å². The number of amides is 2. The van der Waals surface area contributed by atoms with Crippen molar-refractivity contribution in [3.63, 3.8) is 0 Å². The molecule has 9 heteroatoms. The average Bonchev–Trinajstić information content (AvgIpc) is 2.89. The summed E-state index contributed by atoms with van der Waals surface area (Å²) in [6.45, 7) is 10.6. The fourth-order valence-corrected chi connectivity index (χ4v) is 5.72. The van der Waals surface area contributed by atoms with Crippen molar-refractivity contribution < 1.29 is 22.4 Å². The molecule has 0 radical (unpaired) electrons. The molecule has 3 aromatic carbocycles. The molecule has 0 unspecified atom stereocenters. The fraction of sp³-hybridized carbons (Fsp3) is 0.355. The quantitative estimate of drug-likeness (QED) is 0.357. The predicted molar refractivity (Wildman–Crippen MR) is 156 cm³/mol. The number of anilines is 1. The highest BCUT2D eigenvalue weighted by atomic mass is 32.2. The van der Waals surface area contributed by atoms with Crippen molar-refractivity contribution in [1.82, 2.24) is 10.2 Å². The third-order valence-electron chi connectivity index (χ3n) is 6.54. The lowest BCUT2D eigenvalue weighted by molar-refractivity contribution is -0.141. The SMILES string of the molecule is CC[C@@H](C(=O)NC(C)(C)C)N(Cc1ccc(F)cc1)C(=O)CN(c1ccc(C)c(C)c1)S(=O)(=O)c1ccccc1. The molecule has 1 N–H and O–H groups in total. The number of aryl methyl sites for hydroxylation is 2. The molecule has 7 nitrogen and oxygen atoms in total. The molecule has 40 heavy (non-hydrogen) atoms. The number of carbonyl (C=O) groups excluding carboxylic acids is 2. The van der Waals surface area contributed by atoms with Gasteiger partial charge in [-0.2, -0.15) is 0 Å². The Kier molecular flexibility index (Phi) is 9.73. The Bertz CT molecular complexity index is 1440. The molecule has 2 amide bonds. The van der Waals surface area contributed by atoms with E-state index in [0.717, 1.165) is 15.4 Å². The Morgan fingerprint density at radius 3 is 2.10 bits per heavy atom. The first-order valence-electron chi connectivity index (χ1n) is 13.2. The second-order valence-corrected chi connectivity index (χ2v) is 12.8. The maximum absolute atomic E-state index is 14.1. The largest absolute Gasteiger partial charge is 0.350 e. The van der Waals surface area contributed by atoms with E-state index in [2.05, 4.69) is 5.32 Å². The van der Waals surface area contributed by atoms with E-state index in [1.165, 1.54) is 29.2 Å². The maximum atomic E-state index is 14.1. The molecule has 0 aliphatic heterocycles. The lowest BCUT2D eigenvalue weighted by Gasteiger charge is -2.35. The summed E-state index contributed by atoms with van der Waals surface area (Å²) in [6.07, 6.45) is 0.296. The number of hydrogen-bond acceptors (Lipinski definition) is 4. The highest BCUT2D eigenvalue weighted by Crippen LogP contribution is 2.27. The van der Waals surface area contributed by atoms with E-state index in [0.29, 0.717) is 17.7 Å². The summed E-state index contributed by atoms with van der Waals surface area (Å²) in [6, 6.07) is 17.9. The first-order valence-corrected chi connectivity index (χ1v) is 14.7. The molecule has 3 aromatic rings. The Morgan fingerprint density at radius 2 is 1.55 bits per heavy atom. The van der Waals surface area contributed by atoms with Crippen LogP contribution < -0.4 is 9.62 Å². The van der Waals surface area contributed by atoms with E-state index in [9.17, 15) is 22.4 Å². The van der Waals surface area contributed by atoms with Crippen LogP contribution in [-0.2, 0) is 26.2 Å². The summed E-state index contributed by atoms with van der Waals surface area (Å²) in [5.41, 5.74) is 2.26. The molecule has 1 atom stereocenters. The van der Waals surface area contributed by atoms with Crippen LogP contribution in [-0.4, -0.2) is 43.3 Å². The molecule has 0 spiro atoms. The number of benzene rings is 3. The zero-order chi connectivity index (χ0) is 29.7. The minimum Gasteiger partial charge on any atom is -0.350 e. The van der Waals surface area contributed by atoms with Gasteiger partial charge >= 0.3 is 0 Å². The van der Waals surface area contributed by atoms with Gasteiger partial charge in [-0.1, -0.05) is 43.3 Å². The van der Waals surface area contributed by atoms with Crippen LogP contribution >= 0.6 is 0 Å². The minimum absolute atomic E-state index is 0.00132. The van der Waals surface area contributed by atoms with E-state index in [1.807, 2.05) is 40.7 Å². The smallest absolute Gasteiger partial charge is 0.264 e. The van der Waals surface area contributed by atoms with E-state index in [4.69, 9.17) is 0 Å². The van der Waals surface area contributed by atoms with Gasteiger partial charge in [0.05, 0.1) is 10.6 Å². The van der Waals surface area contributed by atoms with Gasteiger partial charge in [0, 0.05) is 12.1 Å². The Balaban J connectivity index is 2.08. The van der Waals surface area contributed by atoms with Crippen LogP contribution in [0.4, 0.5) is 10.1 Å². The molecule has 0 aliphatic carbocycles. The maximum Gasteiger partial charge on any atom is 0.264 e. The second kappa shape index (κ2) is 12.6. The highest BCUT2D eigenvalue weighted by molar-refractivity contribution is 7.92. The van der Waals surface area contributed by atoms with Crippen molar-refractivity contribution in [2.75, 3.05) is 10.8 Å². The van der Waals surface area contributed by atoms with Crippen LogP contribution in [0.3, 0.4) is 0 Å². The number of nitrogens with one attached hydrogen (secondary N) is 1. The molecule has 0 saturated carbocycles. The van der Waals surface area contributed by atoms with Crippen LogP contribution in [0, 0.1) is 19.7 Å². The van der Waals surface area contributed by atoms with Gasteiger partial charge in [-0.05, 0) is 94.1 Å². The summed E-state index contributed by atoms with van der Waals surface area (Å²) in [4.78, 5) is 28.8. The first kappa shape index (κ1) is 30.8. The van der Waals surface area contributed by atoms with Gasteiger partial charge in [0.15, 0.2) is 0 Å². The van der Waals surface area contributed by atoms with Gasteiger partial charge in [-0.3, -0.25) is 13.9 Å².